The van der Waals surface area contributed by atoms with Crippen molar-refractivity contribution in [1.82, 2.24) is 9.55 Å². The lowest BCUT2D eigenvalue weighted by Gasteiger charge is -2.16. The first kappa shape index (κ1) is 17.3. The summed E-state index contributed by atoms with van der Waals surface area (Å²) in [5.41, 5.74) is 0.917. The topological polar surface area (TPSA) is 50.1 Å². The van der Waals surface area contributed by atoms with Gasteiger partial charge in [0.1, 0.15) is 0 Å². The molecule has 3 rings (SSSR count). The zero-order chi connectivity index (χ0) is 18.0. The smallest absolute Gasteiger partial charge is 0.392 e. The Kier molecular flexibility index (Phi) is 4.67. The van der Waals surface area contributed by atoms with E-state index >= 15 is 0 Å². The van der Waals surface area contributed by atoms with Crippen LogP contribution in [0.3, 0.4) is 0 Å². The Bertz CT molecular complexity index is 871. The molecule has 0 fully saturated rings. The molecule has 0 spiro atoms. The minimum absolute atomic E-state index is 0.0261. The van der Waals surface area contributed by atoms with Crippen LogP contribution >= 0.6 is 0 Å². The number of rotatable bonds is 5. The molecule has 0 saturated carbocycles. The number of anilines is 1. The largest absolute Gasteiger partial charge is 0.416 e. The van der Waals surface area contributed by atoms with Gasteiger partial charge in [-0.25, -0.2) is 4.98 Å². The zero-order valence-electron chi connectivity index (χ0n) is 13.6. The number of para-hydroxylation sites is 2. The van der Waals surface area contributed by atoms with Crippen molar-refractivity contribution in [2.75, 3.05) is 11.9 Å². The molecule has 132 valence electrons. The number of nitrogens with zero attached hydrogens (tertiary/aromatic N) is 2. The highest BCUT2D eigenvalue weighted by Gasteiger charge is 2.33. The molecule has 0 aliphatic heterocycles. The number of hydrogen-bond donors (Lipinski definition) is 2. The van der Waals surface area contributed by atoms with E-state index < -0.39 is 17.8 Å². The van der Waals surface area contributed by atoms with Crippen molar-refractivity contribution >= 4 is 17.0 Å². The van der Waals surface area contributed by atoms with Crippen molar-refractivity contribution in [2.45, 2.75) is 25.7 Å². The Morgan fingerprint density at radius 1 is 1.12 bits per heavy atom. The van der Waals surface area contributed by atoms with E-state index in [4.69, 9.17) is 0 Å². The van der Waals surface area contributed by atoms with E-state index in [-0.39, 0.29) is 18.7 Å². The van der Waals surface area contributed by atoms with Crippen molar-refractivity contribution in [3.63, 3.8) is 0 Å². The van der Waals surface area contributed by atoms with Gasteiger partial charge < -0.3 is 15.0 Å². The van der Waals surface area contributed by atoms with Crippen molar-refractivity contribution in [3.8, 4) is 0 Å². The number of aliphatic hydroxyl groups excluding tert-OH is 1. The zero-order valence-corrected chi connectivity index (χ0v) is 13.6. The Morgan fingerprint density at radius 2 is 1.80 bits per heavy atom. The summed E-state index contributed by atoms with van der Waals surface area (Å²) < 4.78 is 41.5. The van der Waals surface area contributed by atoms with Gasteiger partial charge in [0.2, 0.25) is 5.95 Å². The SMILES string of the molecule is CC(O)CNc1nc2ccccc2n1Cc1ccccc1C(F)(F)F. The summed E-state index contributed by atoms with van der Waals surface area (Å²) in [7, 11) is 0. The molecule has 1 unspecified atom stereocenters. The number of aliphatic hydroxyl groups is 1. The minimum Gasteiger partial charge on any atom is -0.392 e. The van der Waals surface area contributed by atoms with Crippen LogP contribution in [0.15, 0.2) is 48.5 Å². The third-order valence-corrected chi connectivity index (χ3v) is 3.86. The van der Waals surface area contributed by atoms with Crippen LogP contribution in [0.25, 0.3) is 11.0 Å². The molecule has 4 nitrogen and oxygen atoms in total. The average Bonchev–Trinajstić information content (AvgIpc) is 2.90. The van der Waals surface area contributed by atoms with Gasteiger partial charge in [-0.1, -0.05) is 30.3 Å². The van der Waals surface area contributed by atoms with Crippen LogP contribution in [-0.4, -0.2) is 27.3 Å². The Morgan fingerprint density at radius 3 is 2.52 bits per heavy atom. The van der Waals surface area contributed by atoms with E-state index in [0.29, 0.717) is 11.5 Å². The highest BCUT2D eigenvalue weighted by molar-refractivity contribution is 5.78. The molecular weight excluding hydrogens is 331 g/mol. The summed E-state index contributed by atoms with van der Waals surface area (Å²) >= 11 is 0. The maximum absolute atomic E-state index is 13.3. The van der Waals surface area contributed by atoms with Gasteiger partial charge in [0.25, 0.3) is 0 Å². The monoisotopic (exact) mass is 349 g/mol. The molecule has 2 N–H and O–H groups in total. The molecule has 1 heterocycles. The molecule has 0 amide bonds. The van der Waals surface area contributed by atoms with Crippen molar-refractivity contribution in [3.05, 3.63) is 59.7 Å². The highest BCUT2D eigenvalue weighted by Crippen LogP contribution is 2.33. The van der Waals surface area contributed by atoms with Crippen LogP contribution in [0, 0.1) is 0 Å². The molecule has 0 saturated heterocycles. The quantitative estimate of drug-likeness (QED) is 0.735. The first-order chi connectivity index (χ1) is 11.9. The fourth-order valence-electron chi connectivity index (χ4n) is 2.71. The number of fused-ring (bicyclic) bond motifs is 1. The lowest BCUT2D eigenvalue weighted by atomic mass is 10.1. The summed E-state index contributed by atoms with van der Waals surface area (Å²) in [6.07, 6.45) is -5.02. The number of nitrogens with one attached hydrogen (secondary N) is 1. The predicted octanol–water partition coefficient (Wildman–Crippen LogP) is 3.90. The van der Waals surface area contributed by atoms with Gasteiger partial charge in [-0.2, -0.15) is 13.2 Å². The van der Waals surface area contributed by atoms with Crippen LogP contribution < -0.4 is 5.32 Å². The standard InChI is InChI=1S/C18H18F3N3O/c1-12(25)10-22-17-23-15-8-4-5-9-16(15)24(17)11-13-6-2-3-7-14(13)18(19,20)21/h2-9,12,25H,10-11H2,1H3,(H,22,23). The summed E-state index contributed by atoms with van der Waals surface area (Å²) in [5, 5.41) is 12.5. The van der Waals surface area contributed by atoms with E-state index in [1.807, 2.05) is 18.2 Å². The van der Waals surface area contributed by atoms with E-state index in [2.05, 4.69) is 10.3 Å². The number of benzene rings is 2. The van der Waals surface area contributed by atoms with Crippen LogP contribution in [0.2, 0.25) is 0 Å². The first-order valence-corrected chi connectivity index (χ1v) is 7.88. The Hall–Kier alpha value is -2.54. The van der Waals surface area contributed by atoms with Gasteiger partial charge in [0.05, 0.1) is 29.2 Å². The first-order valence-electron chi connectivity index (χ1n) is 7.88. The summed E-state index contributed by atoms with van der Waals surface area (Å²) in [6.45, 7) is 1.90. The second-order valence-corrected chi connectivity index (χ2v) is 5.90. The van der Waals surface area contributed by atoms with Crippen molar-refractivity contribution < 1.29 is 18.3 Å². The van der Waals surface area contributed by atoms with Crippen LogP contribution in [-0.2, 0) is 12.7 Å². The number of imidazole rings is 1. The maximum Gasteiger partial charge on any atom is 0.416 e. The fourth-order valence-corrected chi connectivity index (χ4v) is 2.71. The third-order valence-electron chi connectivity index (χ3n) is 3.86. The molecule has 25 heavy (non-hydrogen) atoms. The predicted molar refractivity (Wildman–Crippen MR) is 90.4 cm³/mol. The molecule has 1 atom stereocenters. The molecule has 3 aromatic rings. The second-order valence-electron chi connectivity index (χ2n) is 5.90. The maximum atomic E-state index is 13.3. The molecule has 2 aromatic carbocycles. The van der Waals surface area contributed by atoms with Gasteiger partial charge in [0.15, 0.2) is 0 Å². The number of halogens is 3. The van der Waals surface area contributed by atoms with Crippen LogP contribution in [0.4, 0.5) is 19.1 Å². The molecule has 0 bridgehead atoms. The summed E-state index contributed by atoms with van der Waals surface area (Å²) in [6, 6.07) is 12.8. The second kappa shape index (κ2) is 6.76. The molecule has 0 radical (unpaired) electrons. The normalized spacial score (nSPS) is 13.2. The molecule has 0 aliphatic rings. The fraction of sp³-hybridized carbons (Fsp3) is 0.278. The lowest BCUT2D eigenvalue weighted by Crippen LogP contribution is -2.19. The molecule has 0 aliphatic carbocycles. The van der Waals surface area contributed by atoms with E-state index in [9.17, 15) is 18.3 Å². The third kappa shape index (κ3) is 3.76. The van der Waals surface area contributed by atoms with E-state index in [0.717, 1.165) is 11.6 Å². The average molecular weight is 349 g/mol. The molecule has 7 heteroatoms. The minimum atomic E-state index is -4.42. The molecule has 1 aromatic heterocycles. The molecular formula is C18H18F3N3O. The van der Waals surface area contributed by atoms with E-state index in [1.54, 1.807) is 23.6 Å². The Labute approximate surface area is 142 Å². The van der Waals surface area contributed by atoms with E-state index in [1.165, 1.54) is 12.1 Å². The Balaban J connectivity index is 2.05. The number of alkyl halides is 3. The van der Waals surface area contributed by atoms with Crippen molar-refractivity contribution in [2.24, 2.45) is 0 Å². The number of hydrogen-bond acceptors (Lipinski definition) is 3. The van der Waals surface area contributed by atoms with Gasteiger partial charge in [-0.05, 0) is 30.7 Å². The summed E-state index contributed by atoms with van der Waals surface area (Å²) in [4.78, 5) is 4.43. The van der Waals surface area contributed by atoms with Gasteiger partial charge in [-0.15, -0.1) is 0 Å². The van der Waals surface area contributed by atoms with Crippen molar-refractivity contribution in [1.29, 1.82) is 0 Å². The summed E-state index contributed by atoms with van der Waals surface area (Å²) in [5.74, 6) is 0.430. The lowest BCUT2D eigenvalue weighted by molar-refractivity contribution is -0.138. The van der Waals surface area contributed by atoms with Crippen LogP contribution in [0.5, 0.6) is 0 Å². The highest BCUT2D eigenvalue weighted by atomic mass is 19.4. The van der Waals surface area contributed by atoms with Crippen LogP contribution in [0.1, 0.15) is 18.1 Å². The number of aromatic nitrogens is 2. The van der Waals surface area contributed by atoms with Gasteiger partial charge in [0, 0.05) is 6.54 Å². The van der Waals surface area contributed by atoms with Gasteiger partial charge >= 0.3 is 6.18 Å². The van der Waals surface area contributed by atoms with Gasteiger partial charge in [-0.3, -0.25) is 0 Å².